The molecule has 0 spiro atoms. The van der Waals surface area contributed by atoms with E-state index < -0.39 is 0 Å². The number of rotatable bonds is 5. The van der Waals surface area contributed by atoms with Crippen molar-refractivity contribution in [1.29, 1.82) is 0 Å². The molecule has 0 radical (unpaired) electrons. The van der Waals surface area contributed by atoms with Gasteiger partial charge >= 0.3 is 0 Å². The van der Waals surface area contributed by atoms with Crippen LogP contribution in [0.4, 0.5) is 5.69 Å². The van der Waals surface area contributed by atoms with Gasteiger partial charge in [0.05, 0.1) is 17.5 Å². The first-order valence-corrected chi connectivity index (χ1v) is 10.1. The van der Waals surface area contributed by atoms with Gasteiger partial charge in [0, 0.05) is 10.5 Å². The van der Waals surface area contributed by atoms with Crippen LogP contribution >= 0.6 is 11.8 Å². The average molecular weight is 388 g/mol. The van der Waals surface area contributed by atoms with E-state index in [4.69, 9.17) is 0 Å². The van der Waals surface area contributed by atoms with Gasteiger partial charge in [-0.3, -0.25) is 9.59 Å². The van der Waals surface area contributed by atoms with Crippen LogP contribution in [0.25, 0.3) is 0 Å². The molecule has 1 atom stereocenters. The molecule has 1 heterocycles. The molecule has 0 saturated heterocycles. The van der Waals surface area contributed by atoms with E-state index in [0.717, 1.165) is 16.0 Å². The normalized spacial score (nSPS) is 13.9. The van der Waals surface area contributed by atoms with E-state index in [2.05, 4.69) is 22.8 Å². The minimum absolute atomic E-state index is 0.0405. The van der Waals surface area contributed by atoms with Gasteiger partial charge in [0.15, 0.2) is 0 Å². The Morgan fingerprint density at radius 2 is 1.71 bits per heavy atom. The number of benzene rings is 3. The maximum Gasteiger partial charge on any atom is 0.251 e. The van der Waals surface area contributed by atoms with Gasteiger partial charge < -0.3 is 10.6 Å². The summed E-state index contributed by atoms with van der Waals surface area (Å²) in [6, 6.07) is 25.4. The Bertz CT molecular complexity index is 990. The average Bonchev–Trinajstić information content (AvgIpc) is 2.74. The molecular weight excluding hydrogens is 368 g/mol. The van der Waals surface area contributed by atoms with Gasteiger partial charge in [-0.25, -0.2) is 0 Å². The SMILES string of the molecule is O=C1CSc2ccc(C(=O)NC(Cc3ccccc3)c3ccccc3)cc2N1. The van der Waals surface area contributed by atoms with Gasteiger partial charge in [-0.05, 0) is 35.7 Å². The van der Waals surface area contributed by atoms with Crippen molar-refractivity contribution in [3.05, 3.63) is 95.6 Å². The largest absolute Gasteiger partial charge is 0.345 e. The van der Waals surface area contributed by atoms with Crippen molar-refractivity contribution in [3.8, 4) is 0 Å². The van der Waals surface area contributed by atoms with Crippen molar-refractivity contribution in [3.63, 3.8) is 0 Å². The van der Waals surface area contributed by atoms with E-state index in [9.17, 15) is 9.59 Å². The molecule has 4 rings (SSSR count). The highest BCUT2D eigenvalue weighted by Gasteiger charge is 2.20. The van der Waals surface area contributed by atoms with Gasteiger partial charge in [0.2, 0.25) is 5.91 Å². The number of fused-ring (bicyclic) bond motifs is 1. The summed E-state index contributed by atoms with van der Waals surface area (Å²) in [4.78, 5) is 25.6. The number of nitrogens with one attached hydrogen (secondary N) is 2. The number of hydrogen-bond acceptors (Lipinski definition) is 3. The first-order chi connectivity index (χ1) is 13.7. The minimum atomic E-state index is -0.155. The predicted octanol–water partition coefficient (Wildman–Crippen LogP) is 4.44. The lowest BCUT2D eigenvalue weighted by atomic mass is 9.98. The number of carbonyl (C=O) groups is 2. The third-order valence-electron chi connectivity index (χ3n) is 4.66. The van der Waals surface area contributed by atoms with Crippen LogP contribution in [0, 0.1) is 0 Å². The quantitative estimate of drug-likeness (QED) is 0.679. The summed E-state index contributed by atoms with van der Waals surface area (Å²) in [7, 11) is 0. The second kappa shape index (κ2) is 8.31. The molecule has 5 heteroatoms. The Hall–Kier alpha value is -3.05. The molecule has 0 aliphatic carbocycles. The zero-order valence-electron chi connectivity index (χ0n) is 15.2. The highest BCUT2D eigenvalue weighted by Crippen LogP contribution is 2.32. The number of thioether (sulfide) groups is 1. The molecular formula is C23H20N2O2S. The zero-order chi connectivity index (χ0) is 19.3. The van der Waals surface area contributed by atoms with E-state index in [1.54, 1.807) is 6.07 Å². The van der Waals surface area contributed by atoms with Crippen molar-refractivity contribution in [1.82, 2.24) is 5.32 Å². The van der Waals surface area contributed by atoms with Crippen molar-refractivity contribution in [2.45, 2.75) is 17.4 Å². The molecule has 2 N–H and O–H groups in total. The molecule has 0 fully saturated rings. The van der Waals surface area contributed by atoms with Crippen LogP contribution in [0.5, 0.6) is 0 Å². The summed E-state index contributed by atoms with van der Waals surface area (Å²) in [5, 5.41) is 6.00. The monoisotopic (exact) mass is 388 g/mol. The summed E-state index contributed by atoms with van der Waals surface area (Å²) < 4.78 is 0. The molecule has 1 aliphatic rings. The number of amides is 2. The Morgan fingerprint density at radius 3 is 2.46 bits per heavy atom. The van der Waals surface area contributed by atoms with E-state index in [0.29, 0.717) is 23.4 Å². The van der Waals surface area contributed by atoms with Crippen LogP contribution in [0.2, 0.25) is 0 Å². The lowest BCUT2D eigenvalue weighted by Gasteiger charge is -2.21. The first-order valence-electron chi connectivity index (χ1n) is 9.15. The summed E-state index contributed by atoms with van der Waals surface area (Å²) in [5.74, 6) is 0.213. The highest BCUT2D eigenvalue weighted by atomic mass is 32.2. The van der Waals surface area contributed by atoms with Crippen LogP contribution in [0.3, 0.4) is 0 Å². The van der Waals surface area contributed by atoms with E-state index in [1.807, 2.05) is 60.7 Å². The fourth-order valence-corrected chi connectivity index (χ4v) is 4.04. The predicted molar refractivity (Wildman–Crippen MR) is 113 cm³/mol. The number of anilines is 1. The zero-order valence-corrected chi connectivity index (χ0v) is 16.0. The number of hydrogen-bond donors (Lipinski definition) is 2. The Kier molecular flexibility index (Phi) is 5.44. The van der Waals surface area contributed by atoms with Gasteiger partial charge in [-0.15, -0.1) is 11.8 Å². The molecule has 1 aliphatic heterocycles. The summed E-state index contributed by atoms with van der Waals surface area (Å²) in [5.41, 5.74) is 3.45. The molecule has 2 amide bonds. The van der Waals surface area contributed by atoms with Gasteiger partial charge in [-0.1, -0.05) is 60.7 Å². The Balaban J connectivity index is 1.57. The van der Waals surface area contributed by atoms with Crippen LogP contribution in [0.15, 0.2) is 83.8 Å². The third kappa shape index (κ3) is 4.26. The molecule has 3 aromatic carbocycles. The topological polar surface area (TPSA) is 58.2 Å². The van der Waals surface area contributed by atoms with Crippen LogP contribution in [-0.2, 0) is 11.2 Å². The lowest BCUT2D eigenvalue weighted by molar-refractivity contribution is -0.113. The van der Waals surface area contributed by atoms with Gasteiger partial charge in [0.25, 0.3) is 5.91 Å². The summed E-state index contributed by atoms with van der Waals surface area (Å²) >= 11 is 1.49. The molecule has 1 unspecified atom stereocenters. The smallest absolute Gasteiger partial charge is 0.251 e. The molecule has 0 saturated carbocycles. The fourth-order valence-electron chi connectivity index (χ4n) is 3.25. The molecule has 0 bridgehead atoms. The summed E-state index contributed by atoms with van der Waals surface area (Å²) in [6.45, 7) is 0. The standard InChI is InChI=1S/C23H20N2O2S/c26-22-15-28-21-12-11-18(14-20(21)24-22)23(27)25-19(17-9-5-2-6-10-17)13-16-7-3-1-4-8-16/h1-12,14,19H,13,15H2,(H,24,26)(H,25,27). The minimum Gasteiger partial charge on any atom is -0.345 e. The van der Waals surface area contributed by atoms with Crippen molar-refractivity contribution in [2.75, 3.05) is 11.1 Å². The molecule has 140 valence electrons. The molecule has 28 heavy (non-hydrogen) atoms. The van der Waals surface area contributed by atoms with Crippen LogP contribution in [0.1, 0.15) is 27.5 Å². The maximum atomic E-state index is 13.0. The van der Waals surface area contributed by atoms with Gasteiger partial charge in [0.1, 0.15) is 0 Å². The third-order valence-corrected chi connectivity index (χ3v) is 5.74. The molecule has 4 nitrogen and oxygen atoms in total. The van der Waals surface area contributed by atoms with Crippen molar-refractivity contribution >= 4 is 29.3 Å². The van der Waals surface area contributed by atoms with Crippen molar-refractivity contribution < 1.29 is 9.59 Å². The van der Waals surface area contributed by atoms with E-state index >= 15 is 0 Å². The second-order valence-corrected chi connectivity index (χ2v) is 7.69. The highest BCUT2D eigenvalue weighted by molar-refractivity contribution is 8.00. The fraction of sp³-hybridized carbons (Fsp3) is 0.130. The van der Waals surface area contributed by atoms with Crippen molar-refractivity contribution in [2.24, 2.45) is 0 Å². The molecule has 0 aromatic heterocycles. The second-order valence-electron chi connectivity index (χ2n) is 6.67. The van der Waals surface area contributed by atoms with Crippen LogP contribution in [-0.4, -0.2) is 17.6 Å². The lowest BCUT2D eigenvalue weighted by Crippen LogP contribution is -2.30. The maximum absolute atomic E-state index is 13.0. The number of carbonyl (C=O) groups excluding carboxylic acids is 2. The summed E-state index contributed by atoms with van der Waals surface area (Å²) in [6.07, 6.45) is 0.703. The first kappa shape index (κ1) is 18.3. The van der Waals surface area contributed by atoms with Crippen LogP contribution < -0.4 is 10.6 Å². The Morgan fingerprint density at radius 1 is 1.00 bits per heavy atom. The molecule has 3 aromatic rings. The van der Waals surface area contributed by atoms with Gasteiger partial charge in [-0.2, -0.15) is 0 Å². The van der Waals surface area contributed by atoms with E-state index in [-0.39, 0.29) is 17.9 Å². The Labute approximate surface area is 168 Å². The van der Waals surface area contributed by atoms with E-state index in [1.165, 1.54) is 11.8 Å².